The maximum absolute atomic E-state index is 12.9. The minimum atomic E-state index is -0.233. The smallest absolute Gasteiger partial charge is 0.137 e. The molecule has 72 valence electrons. The van der Waals surface area contributed by atoms with Crippen molar-refractivity contribution < 1.29 is 4.39 Å². The van der Waals surface area contributed by atoms with Crippen molar-refractivity contribution in [3.05, 3.63) is 35.5 Å². The van der Waals surface area contributed by atoms with Crippen LogP contribution in [0.15, 0.2) is 29.6 Å². The molecule has 1 N–H and O–H groups in total. The number of aromatic nitrogens is 1. The number of nitrogens with zero attached hydrogens (tertiary/aromatic N) is 1. The Hall–Kier alpha value is -1.42. The summed E-state index contributed by atoms with van der Waals surface area (Å²) < 4.78 is 12.9. The molecule has 0 saturated heterocycles. The number of thiazole rings is 1. The molecule has 0 radical (unpaired) electrons. The van der Waals surface area contributed by atoms with Gasteiger partial charge >= 0.3 is 0 Å². The lowest BCUT2D eigenvalue weighted by molar-refractivity contribution is 0.628. The van der Waals surface area contributed by atoms with E-state index in [4.69, 9.17) is 0 Å². The first-order chi connectivity index (χ1) is 6.79. The number of hydrogen-bond donors (Lipinski definition) is 1. The number of halogens is 1. The van der Waals surface area contributed by atoms with Crippen LogP contribution < -0.4 is 5.32 Å². The van der Waals surface area contributed by atoms with Crippen molar-refractivity contribution in [2.24, 2.45) is 0 Å². The van der Waals surface area contributed by atoms with E-state index in [0.717, 1.165) is 16.4 Å². The molecule has 1 heterocycles. The lowest BCUT2D eigenvalue weighted by Crippen LogP contribution is -1.87. The highest BCUT2D eigenvalue weighted by Gasteiger charge is 2.03. The Morgan fingerprint density at radius 2 is 2.29 bits per heavy atom. The van der Waals surface area contributed by atoms with Gasteiger partial charge < -0.3 is 5.32 Å². The molecular formula is C10H9FN2S. The molecule has 1 aromatic heterocycles. The molecule has 2 nitrogen and oxygen atoms in total. The van der Waals surface area contributed by atoms with Crippen molar-refractivity contribution in [1.29, 1.82) is 0 Å². The number of benzene rings is 1. The van der Waals surface area contributed by atoms with Crippen LogP contribution >= 0.6 is 11.3 Å². The first-order valence-electron chi connectivity index (χ1n) is 4.19. The predicted octanol–water partition coefficient (Wildman–Crippen LogP) is 2.99. The Bertz CT molecular complexity index is 439. The highest BCUT2D eigenvalue weighted by atomic mass is 32.1. The second-order valence-electron chi connectivity index (χ2n) is 2.80. The van der Waals surface area contributed by atoms with Crippen LogP contribution in [0.25, 0.3) is 10.6 Å². The lowest BCUT2D eigenvalue weighted by Gasteiger charge is -1.95. The Labute approximate surface area is 85.4 Å². The van der Waals surface area contributed by atoms with Gasteiger partial charge in [0.1, 0.15) is 16.6 Å². The van der Waals surface area contributed by atoms with Gasteiger partial charge in [0.2, 0.25) is 0 Å². The van der Waals surface area contributed by atoms with Crippen molar-refractivity contribution in [2.45, 2.75) is 0 Å². The van der Waals surface area contributed by atoms with Crippen LogP contribution in [0.2, 0.25) is 0 Å². The number of rotatable bonds is 2. The molecule has 0 spiro atoms. The van der Waals surface area contributed by atoms with Gasteiger partial charge in [-0.3, -0.25) is 0 Å². The summed E-state index contributed by atoms with van der Waals surface area (Å²) in [6.45, 7) is 0. The van der Waals surface area contributed by atoms with E-state index >= 15 is 0 Å². The summed E-state index contributed by atoms with van der Waals surface area (Å²) in [5.41, 5.74) is 0.816. The molecule has 0 bridgehead atoms. The van der Waals surface area contributed by atoms with Crippen molar-refractivity contribution in [3.8, 4) is 10.6 Å². The fourth-order valence-corrected chi connectivity index (χ4v) is 1.95. The summed E-state index contributed by atoms with van der Waals surface area (Å²) in [4.78, 5) is 4.28. The van der Waals surface area contributed by atoms with E-state index in [0.29, 0.717) is 0 Å². The molecule has 2 aromatic rings. The van der Waals surface area contributed by atoms with Gasteiger partial charge in [0, 0.05) is 18.0 Å². The molecule has 0 aliphatic heterocycles. The van der Waals surface area contributed by atoms with E-state index in [2.05, 4.69) is 10.3 Å². The van der Waals surface area contributed by atoms with Crippen LogP contribution in [-0.2, 0) is 0 Å². The monoisotopic (exact) mass is 208 g/mol. The average molecular weight is 208 g/mol. The van der Waals surface area contributed by atoms with E-state index in [1.54, 1.807) is 6.07 Å². The molecular weight excluding hydrogens is 199 g/mol. The van der Waals surface area contributed by atoms with E-state index in [9.17, 15) is 4.39 Å². The zero-order valence-corrected chi connectivity index (χ0v) is 8.44. The van der Waals surface area contributed by atoms with E-state index in [1.807, 2.05) is 18.5 Å². The standard InChI is InChI=1S/C10H9FN2S/c1-12-9-6-14-10(13-9)7-3-2-4-8(11)5-7/h2-6,12H,1H3. The summed E-state index contributed by atoms with van der Waals surface area (Å²) in [7, 11) is 1.81. The van der Waals surface area contributed by atoms with Crippen LogP contribution in [0, 0.1) is 5.82 Å². The number of anilines is 1. The summed E-state index contributed by atoms with van der Waals surface area (Å²) in [5.74, 6) is 0.581. The molecule has 0 atom stereocenters. The van der Waals surface area contributed by atoms with Crippen LogP contribution in [0.5, 0.6) is 0 Å². The maximum Gasteiger partial charge on any atom is 0.137 e. The van der Waals surface area contributed by atoms with E-state index < -0.39 is 0 Å². The van der Waals surface area contributed by atoms with Crippen LogP contribution in [0.3, 0.4) is 0 Å². The van der Waals surface area contributed by atoms with Crippen LogP contribution in [-0.4, -0.2) is 12.0 Å². The zero-order chi connectivity index (χ0) is 9.97. The van der Waals surface area contributed by atoms with Gasteiger partial charge in [0.15, 0.2) is 0 Å². The summed E-state index contributed by atoms with van der Waals surface area (Å²) in [6.07, 6.45) is 0. The fraction of sp³-hybridized carbons (Fsp3) is 0.100. The lowest BCUT2D eigenvalue weighted by atomic mass is 10.2. The summed E-state index contributed by atoms with van der Waals surface area (Å²) >= 11 is 1.50. The van der Waals surface area contributed by atoms with Gasteiger partial charge in [0.25, 0.3) is 0 Å². The molecule has 4 heteroatoms. The fourth-order valence-electron chi connectivity index (χ4n) is 1.14. The molecule has 0 saturated carbocycles. The third kappa shape index (κ3) is 1.75. The molecule has 0 fully saturated rings. The van der Waals surface area contributed by atoms with E-state index in [-0.39, 0.29) is 5.82 Å². The predicted molar refractivity (Wildman–Crippen MR) is 57.1 cm³/mol. The van der Waals surface area contributed by atoms with Crippen molar-refractivity contribution in [1.82, 2.24) is 4.98 Å². The molecule has 1 aromatic carbocycles. The Morgan fingerprint density at radius 3 is 2.93 bits per heavy atom. The highest BCUT2D eigenvalue weighted by molar-refractivity contribution is 7.13. The minimum Gasteiger partial charge on any atom is -0.372 e. The van der Waals surface area contributed by atoms with Crippen molar-refractivity contribution in [3.63, 3.8) is 0 Å². The third-order valence-corrected chi connectivity index (χ3v) is 2.72. The third-order valence-electron chi connectivity index (χ3n) is 1.83. The van der Waals surface area contributed by atoms with Gasteiger partial charge in [-0.25, -0.2) is 9.37 Å². The SMILES string of the molecule is CNc1csc(-c2cccc(F)c2)n1. The second kappa shape index (κ2) is 3.75. The molecule has 0 aliphatic carbocycles. The van der Waals surface area contributed by atoms with Gasteiger partial charge in [-0.1, -0.05) is 12.1 Å². The molecule has 0 aliphatic rings. The van der Waals surface area contributed by atoms with Gasteiger partial charge in [-0.15, -0.1) is 11.3 Å². The second-order valence-corrected chi connectivity index (χ2v) is 3.66. The highest BCUT2D eigenvalue weighted by Crippen LogP contribution is 2.25. The van der Waals surface area contributed by atoms with Crippen LogP contribution in [0.4, 0.5) is 10.2 Å². The zero-order valence-electron chi connectivity index (χ0n) is 7.62. The maximum atomic E-state index is 12.9. The van der Waals surface area contributed by atoms with Crippen molar-refractivity contribution >= 4 is 17.2 Å². The molecule has 0 amide bonds. The number of nitrogens with one attached hydrogen (secondary N) is 1. The molecule has 0 unspecified atom stereocenters. The largest absolute Gasteiger partial charge is 0.372 e. The normalized spacial score (nSPS) is 10.1. The average Bonchev–Trinajstić information content (AvgIpc) is 2.66. The Balaban J connectivity index is 2.39. The topological polar surface area (TPSA) is 24.9 Å². The summed E-state index contributed by atoms with van der Waals surface area (Å²) in [5, 5.41) is 5.67. The summed E-state index contributed by atoms with van der Waals surface area (Å²) in [6, 6.07) is 6.45. The van der Waals surface area contributed by atoms with Crippen molar-refractivity contribution in [2.75, 3.05) is 12.4 Å². The Morgan fingerprint density at radius 1 is 1.43 bits per heavy atom. The molecule has 2 rings (SSSR count). The Kier molecular flexibility index (Phi) is 2.45. The first kappa shape index (κ1) is 9.15. The van der Waals surface area contributed by atoms with E-state index in [1.165, 1.54) is 23.5 Å². The van der Waals surface area contributed by atoms with Gasteiger partial charge in [-0.05, 0) is 12.1 Å². The quantitative estimate of drug-likeness (QED) is 0.820. The minimum absolute atomic E-state index is 0.233. The number of hydrogen-bond acceptors (Lipinski definition) is 3. The van der Waals surface area contributed by atoms with Gasteiger partial charge in [0.05, 0.1) is 0 Å². The molecule has 14 heavy (non-hydrogen) atoms. The first-order valence-corrected chi connectivity index (χ1v) is 5.07. The van der Waals surface area contributed by atoms with Gasteiger partial charge in [-0.2, -0.15) is 0 Å². The van der Waals surface area contributed by atoms with Crippen LogP contribution in [0.1, 0.15) is 0 Å².